The number of anilines is 1. The molecular formula is C18H18ClF2NO3. The molecule has 0 aliphatic carbocycles. The van der Waals surface area contributed by atoms with Gasteiger partial charge in [-0.15, -0.1) is 0 Å². The van der Waals surface area contributed by atoms with Crippen molar-refractivity contribution < 1.29 is 23.0 Å². The monoisotopic (exact) mass is 369 g/mol. The normalized spacial score (nSPS) is 10.6. The van der Waals surface area contributed by atoms with E-state index in [1.165, 1.54) is 12.1 Å². The summed E-state index contributed by atoms with van der Waals surface area (Å²) in [7, 11) is 0. The molecule has 7 heteroatoms. The van der Waals surface area contributed by atoms with Gasteiger partial charge in [-0.25, -0.2) is 0 Å². The van der Waals surface area contributed by atoms with E-state index in [4.69, 9.17) is 16.3 Å². The van der Waals surface area contributed by atoms with E-state index in [-0.39, 0.29) is 23.8 Å². The molecule has 134 valence electrons. The molecule has 0 radical (unpaired) electrons. The van der Waals surface area contributed by atoms with Gasteiger partial charge in [0.2, 0.25) is 5.91 Å². The van der Waals surface area contributed by atoms with Crippen molar-refractivity contribution in [3.63, 3.8) is 0 Å². The van der Waals surface area contributed by atoms with Crippen molar-refractivity contribution in [2.24, 2.45) is 0 Å². The Labute approximate surface area is 149 Å². The van der Waals surface area contributed by atoms with Crippen LogP contribution in [0.25, 0.3) is 0 Å². The number of alkyl halides is 2. The van der Waals surface area contributed by atoms with Crippen LogP contribution in [0.1, 0.15) is 18.4 Å². The molecule has 25 heavy (non-hydrogen) atoms. The van der Waals surface area contributed by atoms with Gasteiger partial charge in [-0.1, -0.05) is 23.7 Å². The fourth-order valence-corrected chi connectivity index (χ4v) is 2.40. The number of ether oxygens (including phenoxy) is 2. The lowest BCUT2D eigenvalue weighted by molar-refractivity contribution is -0.116. The third kappa shape index (κ3) is 6.23. The predicted octanol–water partition coefficient (Wildman–Crippen LogP) is 5.05. The Kier molecular flexibility index (Phi) is 7.01. The molecule has 0 saturated carbocycles. The van der Waals surface area contributed by atoms with E-state index in [0.717, 1.165) is 5.56 Å². The summed E-state index contributed by atoms with van der Waals surface area (Å²) in [6, 6.07) is 11.4. The number of hydrogen-bond donors (Lipinski definition) is 1. The molecule has 0 unspecified atom stereocenters. The molecule has 0 aliphatic heterocycles. The van der Waals surface area contributed by atoms with Crippen molar-refractivity contribution in [2.75, 3.05) is 11.9 Å². The molecule has 0 spiro atoms. The minimum Gasteiger partial charge on any atom is -0.493 e. The summed E-state index contributed by atoms with van der Waals surface area (Å²) in [5.74, 6) is 0.334. The SMILES string of the molecule is Cc1cc(Cl)ccc1OCCCC(=O)Nc1ccccc1OC(F)F. The van der Waals surface area contributed by atoms with Gasteiger partial charge < -0.3 is 14.8 Å². The zero-order chi connectivity index (χ0) is 18.2. The highest BCUT2D eigenvalue weighted by molar-refractivity contribution is 6.30. The summed E-state index contributed by atoms with van der Waals surface area (Å²) in [6.07, 6.45) is 0.668. The van der Waals surface area contributed by atoms with Crippen LogP contribution < -0.4 is 14.8 Å². The molecule has 0 aliphatic rings. The van der Waals surface area contributed by atoms with Gasteiger partial charge in [0.05, 0.1) is 12.3 Å². The van der Waals surface area contributed by atoms with Crippen LogP contribution in [-0.4, -0.2) is 19.1 Å². The van der Waals surface area contributed by atoms with Crippen molar-refractivity contribution in [2.45, 2.75) is 26.4 Å². The lowest BCUT2D eigenvalue weighted by Crippen LogP contribution is -2.14. The Morgan fingerprint density at radius 1 is 1.20 bits per heavy atom. The summed E-state index contributed by atoms with van der Waals surface area (Å²) in [6.45, 7) is -0.715. The van der Waals surface area contributed by atoms with E-state index in [9.17, 15) is 13.6 Å². The first-order valence-electron chi connectivity index (χ1n) is 7.68. The van der Waals surface area contributed by atoms with Crippen molar-refractivity contribution in [3.05, 3.63) is 53.1 Å². The number of aryl methyl sites for hydroxylation is 1. The fraction of sp³-hybridized carbons (Fsp3) is 0.278. The molecule has 0 saturated heterocycles. The van der Waals surface area contributed by atoms with Gasteiger partial charge in [-0.3, -0.25) is 4.79 Å². The number of rotatable bonds is 8. The van der Waals surface area contributed by atoms with E-state index >= 15 is 0 Å². The number of carbonyl (C=O) groups excluding carboxylic acids is 1. The Morgan fingerprint density at radius 3 is 2.68 bits per heavy atom. The third-order valence-corrected chi connectivity index (χ3v) is 3.56. The first-order valence-corrected chi connectivity index (χ1v) is 8.06. The van der Waals surface area contributed by atoms with Crippen LogP contribution in [0.2, 0.25) is 5.02 Å². The predicted molar refractivity (Wildman–Crippen MR) is 92.6 cm³/mol. The maximum atomic E-state index is 12.3. The maximum Gasteiger partial charge on any atom is 0.387 e. The van der Waals surface area contributed by atoms with Crippen LogP contribution in [0.3, 0.4) is 0 Å². The Morgan fingerprint density at radius 2 is 1.96 bits per heavy atom. The van der Waals surface area contributed by atoms with Gasteiger partial charge in [0.1, 0.15) is 11.5 Å². The van der Waals surface area contributed by atoms with Gasteiger partial charge in [0.15, 0.2) is 0 Å². The maximum absolute atomic E-state index is 12.3. The molecule has 2 rings (SSSR count). The van der Waals surface area contributed by atoms with Gasteiger partial charge in [0.25, 0.3) is 0 Å². The van der Waals surface area contributed by atoms with Gasteiger partial charge >= 0.3 is 6.61 Å². The molecule has 0 bridgehead atoms. The number of nitrogens with one attached hydrogen (secondary N) is 1. The molecule has 2 aromatic rings. The number of amides is 1. The van der Waals surface area contributed by atoms with Crippen molar-refractivity contribution in [1.29, 1.82) is 0 Å². The van der Waals surface area contributed by atoms with Gasteiger partial charge in [0, 0.05) is 11.4 Å². The van der Waals surface area contributed by atoms with E-state index < -0.39 is 6.61 Å². The molecule has 0 aromatic heterocycles. The highest BCUT2D eigenvalue weighted by Gasteiger charge is 2.11. The summed E-state index contributed by atoms with van der Waals surface area (Å²) in [4.78, 5) is 11.9. The van der Waals surface area contributed by atoms with Crippen molar-refractivity contribution in [3.8, 4) is 11.5 Å². The summed E-state index contributed by atoms with van der Waals surface area (Å²) in [5, 5.41) is 3.20. The second-order valence-corrected chi connectivity index (χ2v) is 5.72. The lowest BCUT2D eigenvalue weighted by Gasteiger charge is -2.12. The summed E-state index contributed by atoms with van der Waals surface area (Å²) < 4.78 is 34.7. The first kappa shape index (κ1) is 19.0. The minimum atomic E-state index is -2.95. The van der Waals surface area contributed by atoms with Crippen LogP contribution in [0.15, 0.2) is 42.5 Å². The minimum absolute atomic E-state index is 0.0705. The van der Waals surface area contributed by atoms with E-state index in [1.807, 2.05) is 6.92 Å². The zero-order valence-corrected chi connectivity index (χ0v) is 14.4. The van der Waals surface area contributed by atoms with Gasteiger partial charge in [-0.2, -0.15) is 8.78 Å². The van der Waals surface area contributed by atoms with Crippen LogP contribution in [0.4, 0.5) is 14.5 Å². The molecule has 4 nitrogen and oxygen atoms in total. The van der Waals surface area contributed by atoms with Crippen LogP contribution in [0, 0.1) is 6.92 Å². The third-order valence-electron chi connectivity index (χ3n) is 3.32. The standard InChI is InChI=1S/C18H18ClF2NO3/c1-12-11-13(19)8-9-15(12)24-10-4-7-17(23)22-14-5-2-3-6-16(14)25-18(20)21/h2-3,5-6,8-9,11,18H,4,7,10H2,1H3,(H,22,23). The van der Waals surface area contributed by atoms with E-state index in [1.54, 1.807) is 30.3 Å². The van der Waals surface area contributed by atoms with Crippen molar-refractivity contribution >= 4 is 23.2 Å². The molecule has 0 heterocycles. The Hall–Kier alpha value is -2.34. The van der Waals surface area contributed by atoms with Crippen molar-refractivity contribution in [1.82, 2.24) is 0 Å². The summed E-state index contributed by atoms with van der Waals surface area (Å²) in [5.41, 5.74) is 1.12. The zero-order valence-electron chi connectivity index (χ0n) is 13.6. The van der Waals surface area contributed by atoms with Crippen LogP contribution in [-0.2, 0) is 4.79 Å². The number of benzene rings is 2. The molecule has 1 amide bonds. The number of para-hydroxylation sites is 2. The average Bonchev–Trinajstić information content (AvgIpc) is 2.54. The fourth-order valence-electron chi connectivity index (χ4n) is 2.17. The second-order valence-electron chi connectivity index (χ2n) is 5.28. The summed E-state index contributed by atoms with van der Waals surface area (Å²) >= 11 is 5.88. The number of halogens is 3. The van der Waals surface area contributed by atoms with Crippen LogP contribution in [0.5, 0.6) is 11.5 Å². The molecule has 1 N–H and O–H groups in total. The Bertz CT molecular complexity index is 725. The lowest BCUT2D eigenvalue weighted by atomic mass is 10.2. The number of hydrogen-bond acceptors (Lipinski definition) is 3. The Balaban J connectivity index is 1.79. The first-order chi connectivity index (χ1) is 12.0. The molecule has 0 fully saturated rings. The van der Waals surface area contributed by atoms with Crippen LogP contribution >= 0.6 is 11.6 Å². The van der Waals surface area contributed by atoms with E-state index in [2.05, 4.69) is 10.1 Å². The average molecular weight is 370 g/mol. The molecular weight excluding hydrogens is 352 g/mol. The highest BCUT2D eigenvalue weighted by atomic mass is 35.5. The largest absolute Gasteiger partial charge is 0.493 e. The highest BCUT2D eigenvalue weighted by Crippen LogP contribution is 2.26. The molecule has 2 aromatic carbocycles. The molecule has 0 atom stereocenters. The smallest absolute Gasteiger partial charge is 0.387 e. The van der Waals surface area contributed by atoms with Gasteiger partial charge in [-0.05, 0) is 49.2 Å². The second kappa shape index (κ2) is 9.22. The number of carbonyl (C=O) groups is 1. The van der Waals surface area contributed by atoms with E-state index in [0.29, 0.717) is 23.8 Å². The quantitative estimate of drug-likeness (QED) is 0.662. The topological polar surface area (TPSA) is 47.6 Å².